The molecule has 0 radical (unpaired) electrons. The fraction of sp³-hybridized carbons (Fsp3) is 0.551. The SMILES string of the molecule is COC(=O)NC(C(=O)N1CC2(CC1c1ncc(-c3ccc(-c4ccc(-c5cnc(C6CCCN6C(=O)C(NC(=O)OC)C(C)C)[nH]5)c5c4C4(CCCC4)CC5)cc3)[nH]1)OCCO2)C(C)C. The van der Waals surface area contributed by atoms with Crippen LogP contribution in [-0.4, -0.2) is 112 Å². The van der Waals surface area contributed by atoms with E-state index >= 15 is 0 Å². The number of carbonyl (C=O) groups is 4. The highest BCUT2D eigenvalue weighted by Crippen LogP contribution is 2.55. The molecule has 4 unspecified atom stereocenters. The number of likely N-dealkylation sites (tertiary alicyclic amines) is 2. The fourth-order valence-corrected chi connectivity index (χ4v) is 11.3. The smallest absolute Gasteiger partial charge is 0.407 e. The van der Waals surface area contributed by atoms with Gasteiger partial charge in [-0.05, 0) is 83.6 Å². The normalized spacial score (nSPS) is 21.7. The molecule has 3 saturated heterocycles. The Morgan fingerprint density at radius 3 is 1.92 bits per heavy atom. The minimum atomic E-state index is -0.936. The number of nitrogens with one attached hydrogen (secondary N) is 4. The van der Waals surface area contributed by atoms with Crippen LogP contribution in [0, 0.1) is 11.8 Å². The molecule has 5 heterocycles. The first-order valence-electron chi connectivity index (χ1n) is 23.3. The van der Waals surface area contributed by atoms with Crippen molar-refractivity contribution in [1.82, 2.24) is 40.4 Å². The number of imidazole rings is 2. The fourth-order valence-electron chi connectivity index (χ4n) is 11.3. The molecule has 4 amide bonds. The zero-order valence-corrected chi connectivity index (χ0v) is 38.3. The summed E-state index contributed by atoms with van der Waals surface area (Å²) in [6.45, 7) is 9.31. The molecular weight excluding hydrogens is 829 g/mol. The number of hydrogen-bond donors (Lipinski definition) is 4. The minimum absolute atomic E-state index is 0.112. The number of nitrogens with zero attached hydrogens (tertiary/aromatic N) is 4. The number of rotatable bonds is 11. The number of carbonyl (C=O) groups excluding carboxylic acids is 4. The Bertz CT molecular complexity index is 2410. The van der Waals surface area contributed by atoms with Gasteiger partial charge in [0.15, 0.2) is 5.79 Å². The lowest BCUT2D eigenvalue weighted by Gasteiger charge is -2.30. The van der Waals surface area contributed by atoms with Gasteiger partial charge in [-0.3, -0.25) is 9.59 Å². The van der Waals surface area contributed by atoms with Gasteiger partial charge in [-0.25, -0.2) is 19.6 Å². The molecule has 1 saturated carbocycles. The Labute approximate surface area is 379 Å². The zero-order chi connectivity index (χ0) is 45.6. The standard InChI is InChI=1S/C49H62N8O8/c1-28(2)40(54-46(60)62-5)44(58)56-21-9-10-37(56)42-51-26-36(53-42)33-16-15-32(39-34(33)17-20-48(39)18-7-8-19-48)30-11-13-31(14-12-30)35-25-50-43(52-35)38-24-49(64-22-23-65-49)27-57(38)45(59)41(29(3)4)55-47(61)63-6/h11-16,25-26,28-29,37-38,40-41H,7-10,17-24,27H2,1-6H3,(H,50,52)(H,51,53)(H,54,60)(H,55,61). The van der Waals surface area contributed by atoms with Crippen LogP contribution >= 0.6 is 0 Å². The highest BCUT2D eigenvalue weighted by molar-refractivity contribution is 5.87. The van der Waals surface area contributed by atoms with Gasteiger partial charge in [0.2, 0.25) is 11.8 Å². The van der Waals surface area contributed by atoms with Crippen LogP contribution in [0.4, 0.5) is 9.59 Å². The molecule has 0 bridgehead atoms. The van der Waals surface area contributed by atoms with Gasteiger partial charge in [-0.15, -0.1) is 0 Å². The number of fused-ring (bicyclic) bond motifs is 2. The first-order valence-corrected chi connectivity index (χ1v) is 23.3. The third kappa shape index (κ3) is 8.28. The van der Waals surface area contributed by atoms with Crippen LogP contribution in [0.1, 0.15) is 114 Å². The molecule has 16 nitrogen and oxygen atoms in total. The van der Waals surface area contributed by atoms with Crippen LogP contribution in [0.5, 0.6) is 0 Å². The number of alkyl carbamates (subject to hydrolysis) is 2. The van der Waals surface area contributed by atoms with E-state index in [2.05, 4.69) is 57.0 Å². The Balaban J connectivity index is 0.978. The van der Waals surface area contributed by atoms with Crippen molar-refractivity contribution in [3.8, 4) is 33.6 Å². The highest BCUT2D eigenvalue weighted by atomic mass is 16.7. The molecule has 65 heavy (non-hydrogen) atoms. The summed E-state index contributed by atoms with van der Waals surface area (Å²) in [7, 11) is 2.59. The van der Waals surface area contributed by atoms with Gasteiger partial charge in [0.05, 0.1) is 69.8 Å². The van der Waals surface area contributed by atoms with Crippen molar-refractivity contribution in [3.05, 3.63) is 71.6 Å². The third-order valence-corrected chi connectivity index (χ3v) is 14.6. The van der Waals surface area contributed by atoms with E-state index in [1.54, 1.807) is 4.90 Å². The molecule has 346 valence electrons. The van der Waals surface area contributed by atoms with Crippen molar-refractivity contribution >= 4 is 24.0 Å². The second-order valence-electron chi connectivity index (χ2n) is 19.1. The maximum absolute atomic E-state index is 14.1. The zero-order valence-electron chi connectivity index (χ0n) is 38.3. The summed E-state index contributed by atoms with van der Waals surface area (Å²) in [5.74, 6) is -0.234. The summed E-state index contributed by atoms with van der Waals surface area (Å²) >= 11 is 0. The topological polar surface area (TPSA) is 193 Å². The predicted molar refractivity (Wildman–Crippen MR) is 241 cm³/mol. The molecule has 5 aliphatic rings. The average Bonchev–Trinajstić information content (AvgIpc) is 4.18. The first kappa shape index (κ1) is 44.5. The lowest BCUT2D eigenvalue weighted by molar-refractivity contribution is -0.153. The summed E-state index contributed by atoms with van der Waals surface area (Å²) in [6.07, 6.45) is 11.4. The maximum atomic E-state index is 14.1. The Kier molecular flexibility index (Phi) is 12.3. The number of ether oxygens (including phenoxy) is 4. The predicted octanol–water partition coefficient (Wildman–Crippen LogP) is 7.33. The lowest BCUT2D eigenvalue weighted by atomic mass is 9.76. The summed E-state index contributed by atoms with van der Waals surface area (Å²) in [6, 6.07) is 11.0. The van der Waals surface area contributed by atoms with E-state index in [1.807, 2.05) is 45.0 Å². The van der Waals surface area contributed by atoms with Crippen LogP contribution in [0.3, 0.4) is 0 Å². The van der Waals surface area contributed by atoms with Crippen molar-refractivity contribution < 1.29 is 38.1 Å². The maximum Gasteiger partial charge on any atom is 0.407 e. The molecule has 4 N–H and O–H groups in total. The van der Waals surface area contributed by atoms with Crippen molar-refractivity contribution in [2.75, 3.05) is 40.5 Å². The number of hydrogen-bond acceptors (Lipinski definition) is 10. The molecule has 2 aliphatic carbocycles. The molecule has 2 spiro atoms. The molecule has 4 fully saturated rings. The van der Waals surface area contributed by atoms with Gasteiger partial charge in [0.25, 0.3) is 0 Å². The van der Waals surface area contributed by atoms with E-state index in [1.165, 1.54) is 56.6 Å². The Hall–Kier alpha value is -5.74. The van der Waals surface area contributed by atoms with Gasteiger partial charge in [0, 0.05) is 18.5 Å². The van der Waals surface area contributed by atoms with Gasteiger partial charge in [0.1, 0.15) is 23.7 Å². The number of methoxy groups -OCH3 is 2. The summed E-state index contributed by atoms with van der Waals surface area (Å²) in [5.41, 5.74) is 9.26. The van der Waals surface area contributed by atoms with E-state index in [4.69, 9.17) is 28.9 Å². The Morgan fingerprint density at radius 1 is 0.723 bits per heavy atom. The number of aromatic nitrogens is 4. The number of benzene rings is 2. The van der Waals surface area contributed by atoms with Gasteiger partial charge >= 0.3 is 12.2 Å². The van der Waals surface area contributed by atoms with Crippen LogP contribution in [-0.2, 0) is 40.4 Å². The van der Waals surface area contributed by atoms with E-state index in [-0.39, 0.29) is 41.7 Å². The van der Waals surface area contributed by atoms with E-state index in [0.29, 0.717) is 32.0 Å². The molecule has 4 atom stereocenters. The Morgan fingerprint density at radius 2 is 1.29 bits per heavy atom. The van der Waals surface area contributed by atoms with Crippen LogP contribution in [0.15, 0.2) is 48.8 Å². The van der Waals surface area contributed by atoms with Crippen molar-refractivity contribution in [2.24, 2.45) is 11.8 Å². The monoisotopic (exact) mass is 890 g/mol. The molecule has 3 aliphatic heterocycles. The van der Waals surface area contributed by atoms with E-state index < -0.39 is 36.1 Å². The molecule has 4 aromatic rings. The molecule has 9 rings (SSSR count). The van der Waals surface area contributed by atoms with E-state index in [0.717, 1.165) is 59.6 Å². The average molecular weight is 891 g/mol. The van der Waals surface area contributed by atoms with Crippen molar-refractivity contribution in [3.63, 3.8) is 0 Å². The number of amides is 4. The van der Waals surface area contributed by atoms with Gasteiger partial charge < -0.3 is 49.3 Å². The molecule has 2 aromatic heterocycles. The van der Waals surface area contributed by atoms with Crippen LogP contribution < -0.4 is 10.6 Å². The van der Waals surface area contributed by atoms with Crippen LogP contribution in [0.25, 0.3) is 33.6 Å². The number of aromatic amines is 2. The summed E-state index contributed by atoms with van der Waals surface area (Å²) in [4.78, 5) is 72.8. The first-order chi connectivity index (χ1) is 31.3. The summed E-state index contributed by atoms with van der Waals surface area (Å²) in [5, 5.41) is 5.46. The van der Waals surface area contributed by atoms with Crippen molar-refractivity contribution in [1.29, 1.82) is 0 Å². The summed E-state index contributed by atoms with van der Waals surface area (Å²) < 4.78 is 21.8. The van der Waals surface area contributed by atoms with E-state index in [9.17, 15) is 19.2 Å². The third-order valence-electron chi connectivity index (χ3n) is 14.6. The quantitative estimate of drug-likeness (QED) is 0.119. The lowest BCUT2D eigenvalue weighted by Crippen LogP contribution is -2.52. The second kappa shape index (κ2) is 17.9. The van der Waals surface area contributed by atoms with Crippen molar-refractivity contribution in [2.45, 2.75) is 121 Å². The highest BCUT2D eigenvalue weighted by Gasteiger charge is 2.53. The van der Waals surface area contributed by atoms with Gasteiger partial charge in [-0.2, -0.15) is 0 Å². The molecule has 2 aromatic carbocycles. The van der Waals surface area contributed by atoms with Gasteiger partial charge in [-0.1, -0.05) is 76.9 Å². The number of H-pyrrole nitrogens is 2. The van der Waals surface area contributed by atoms with Crippen LogP contribution in [0.2, 0.25) is 0 Å². The molecular formula is C49H62N8O8. The molecule has 16 heteroatoms. The second-order valence-corrected chi connectivity index (χ2v) is 19.1. The minimum Gasteiger partial charge on any atom is -0.453 e. The largest absolute Gasteiger partial charge is 0.453 e.